The first kappa shape index (κ1) is 21.9. The van der Waals surface area contributed by atoms with Gasteiger partial charge in [0.25, 0.3) is 5.91 Å². The number of aryl methyl sites for hydroxylation is 1. The summed E-state index contributed by atoms with van der Waals surface area (Å²) in [6.45, 7) is 5.24. The molecule has 31 heavy (non-hydrogen) atoms. The molecular formula is C23H26F2N2O3S. The van der Waals surface area contributed by atoms with Crippen molar-refractivity contribution in [3.05, 3.63) is 59.2 Å². The number of halogens is 2. The second-order valence-electron chi connectivity index (χ2n) is 8.75. The smallest absolute Gasteiger partial charge is 0.258 e. The number of hydrogen-bond donors (Lipinski definition) is 0. The van der Waals surface area contributed by atoms with Crippen LogP contribution in [0.3, 0.4) is 0 Å². The van der Waals surface area contributed by atoms with Gasteiger partial charge in [-0.1, -0.05) is 19.9 Å². The molecule has 0 aliphatic carbocycles. The number of nitrogens with zero attached hydrogens (tertiary/aromatic N) is 2. The van der Waals surface area contributed by atoms with Crippen LogP contribution in [0.1, 0.15) is 42.6 Å². The number of amides is 1. The van der Waals surface area contributed by atoms with Crippen LogP contribution in [0.5, 0.6) is 0 Å². The number of piperidine rings is 1. The molecule has 166 valence electrons. The summed E-state index contributed by atoms with van der Waals surface area (Å²) in [5, 5.41) is 0. The fourth-order valence-corrected chi connectivity index (χ4v) is 6.48. The molecule has 2 aromatic carbocycles. The Balaban J connectivity index is 1.66. The first-order valence-electron chi connectivity index (χ1n) is 10.6. The second-order valence-corrected chi connectivity index (χ2v) is 10.7. The van der Waals surface area contributed by atoms with Gasteiger partial charge in [-0.2, -0.15) is 4.31 Å². The van der Waals surface area contributed by atoms with Crippen LogP contribution >= 0.6 is 0 Å². The summed E-state index contributed by atoms with van der Waals surface area (Å²) in [5.74, 6) is -1.44. The molecule has 1 amide bonds. The summed E-state index contributed by atoms with van der Waals surface area (Å²) >= 11 is 0. The van der Waals surface area contributed by atoms with Gasteiger partial charge in [-0.05, 0) is 60.9 Å². The Hall–Kier alpha value is -2.32. The maximum atomic E-state index is 14.5. The number of sulfonamides is 1. The summed E-state index contributed by atoms with van der Waals surface area (Å²) in [7, 11) is -3.75. The highest BCUT2D eigenvalue weighted by molar-refractivity contribution is 7.89. The molecule has 0 bridgehead atoms. The fraction of sp³-hybridized carbons (Fsp3) is 0.435. The van der Waals surface area contributed by atoms with E-state index >= 15 is 0 Å². The zero-order valence-corrected chi connectivity index (χ0v) is 18.5. The molecule has 2 aromatic rings. The largest absolute Gasteiger partial charge is 0.305 e. The Morgan fingerprint density at radius 2 is 1.77 bits per heavy atom. The van der Waals surface area contributed by atoms with E-state index in [4.69, 9.17) is 0 Å². The lowest BCUT2D eigenvalue weighted by Crippen LogP contribution is -2.42. The number of hydrogen-bond acceptors (Lipinski definition) is 3. The second kappa shape index (κ2) is 8.31. The van der Waals surface area contributed by atoms with E-state index in [1.54, 1.807) is 0 Å². The van der Waals surface area contributed by atoms with Crippen molar-refractivity contribution in [2.24, 2.45) is 11.8 Å². The molecule has 0 spiro atoms. The predicted molar refractivity (Wildman–Crippen MR) is 115 cm³/mol. The molecule has 0 saturated carbocycles. The van der Waals surface area contributed by atoms with E-state index in [1.807, 2.05) is 13.8 Å². The van der Waals surface area contributed by atoms with Gasteiger partial charge in [0.2, 0.25) is 10.0 Å². The molecule has 5 nitrogen and oxygen atoms in total. The summed E-state index contributed by atoms with van der Waals surface area (Å²) in [5.41, 5.74) is 0.678. The van der Waals surface area contributed by atoms with Crippen molar-refractivity contribution >= 4 is 21.6 Å². The van der Waals surface area contributed by atoms with Gasteiger partial charge in [0, 0.05) is 31.3 Å². The number of anilines is 1. The molecule has 0 unspecified atom stereocenters. The highest BCUT2D eigenvalue weighted by atomic mass is 32.2. The third kappa shape index (κ3) is 4.23. The standard InChI is InChI=1S/C23H26F2N2O3S/c1-15-9-16(2)14-26(13-15)31(29,30)20-7-3-5-18(11-20)23(28)27-8-4-6-17-10-19(24)12-21(25)22(17)27/h3,5,7,10-12,15-16H,4,6,8-9,13-14H2,1-2H3/t15-,16-/m0/s1. The van der Waals surface area contributed by atoms with Crippen LogP contribution in [0.4, 0.5) is 14.5 Å². The zero-order valence-electron chi connectivity index (χ0n) is 17.6. The Labute approximate surface area is 181 Å². The number of rotatable bonds is 3. The van der Waals surface area contributed by atoms with Crippen LogP contribution in [0.25, 0.3) is 0 Å². The summed E-state index contributed by atoms with van der Waals surface area (Å²) < 4.78 is 56.0. The first-order chi connectivity index (χ1) is 14.7. The van der Waals surface area contributed by atoms with Gasteiger partial charge in [-0.25, -0.2) is 17.2 Å². The van der Waals surface area contributed by atoms with Gasteiger partial charge in [-0.3, -0.25) is 4.79 Å². The Kier molecular flexibility index (Phi) is 5.87. The normalized spacial score (nSPS) is 22.3. The van der Waals surface area contributed by atoms with Crippen LogP contribution in [-0.2, 0) is 16.4 Å². The molecule has 2 atom stereocenters. The minimum Gasteiger partial charge on any atom is -0.305 e. The minimum atomic E-state index is -3.75. The topological polar surface area (TPSA) is 57.7 Å². The third-order valence-electron chi connectivity index (χ3n) is 6.00. The predicted octanol–water partition coefficient (Wildman–Crippen LogP) is 4.22. The highest BCUT2D eigenvalue weighted by Gasteiger charge is 2.33. The number of benzene rings is 2. The molecular weight excluding hydrogens is 422 g/mol. The van der Waals surface area contributed by atoms with Crippen molar-refractivity contribution in [2.75, 3.05) is 24.5 Å². The molecule has 2 aliphatic rings. The number of fused-ring (bicyclic) bond motifs is 1. The molecule has 2 heterocycles. The SMILES string of the molecule is C[C@H]1C[C@H](C)CN(S(=O)(=O)c2cccc(C(=O)N3CCCc4cc(F)cc(F)c43)c2)C1. The van der Waals surface area contributed by atoms with E-state index in [0.29, 0.717) is 31.5 Å². The van der Waals surface area contributed by atoms with Crippen molar-refractivity contribution in [1.29, 1.82) is 0 Å². The van der Waals surface area contributed by atoms with E-state index in [0.717, 1.165) is 12.5 Å². The van der Waals surface area contributed by atoms with Crippen molar-refractivity contribution in [3.63, 3.8) is 0 Å². The maximum Gasteiger partial charge on any atom is 0.258 e. The maximum absolute atomic E-state index is 14.5. The Bertz CT molecular complexity index is 1110. The molecule has 1 fully saturated rings. The van der Waals surface area contributed by atoms with Gasteiger partial charge in [0.1, 0.15) is 11.6 Å². The summed E-state index contributed by atoms with van der Waals surface area (Å²) in [4.78, 5) is 14.6. The number of carbonyl (C=O) groups is 1. The summed E-state index contributed by atoms with van der Waals surface area (Å²) in [6, 6.07) is 7.91. The molecule has 0 radical (unpaired) electrons. The van der Waals surface area contributed by atoms with Gasteiger partial charge in [0.15, 0.2) is 0 Å². The van der Waals surface area contributed by atoms with E-state index in [9.17, 15) is 22.0 Å². The lowest BCUT2D eigenvalue weighted by atomic mass is 9.94. The lowest BCUT2D eigenvalue weighted by Gasteiger charge is -2.34. The van der Waals surface area contributed by atoms with Crippen molar-refractivity contribution in [3.8, 4) is 0 Å². The molecule has 4 rings (SSSR count). The zero-order chi connectivity index (χ0) is 22.3. The molecule has 1 saturated heterocycles. The van der Waals surface area contributed by atoms with Crippen LogP contribution in [0, 0.1) is 23.5 Å². The van der Waals surface area contributed by atoms with Gasteiger partial charge < -0.3 is 4.90 Å². The van der Waals surface area contributed by atoms with E-state index in [-0.39, 0.29) is 34.5 Å². The molecule has 0 N–H and O–H groups in total. The Morgan fingerprint density at radius 3 is 2.48 bits per heavy atom. The monoisotopic (exact) mass is 448 g/mol. The average Bonchev–Trinajstić information content (AvgIpc) is 2.72. The van der Waals surface area contributed by atoms with Gasteiger partial charge >= 0.3 is 0 Å². The van der Waals surface area contributed by atoms with Crippen LogP contribution in [-0.4, -0.2) is 38.3 Å². The average molecular weight is 449 g/mol. The number of carbonyl (C=O) groups excluding carboxylic acids is 1. The first-order valence-corrected chi connectivity index (χ1v) is 12.0. The van der Waals surface area contributed by atoms with Crippen molar-refractivity contribution < 1.29 is 22.0 Å². The lowest BCUT2D eigenvalue weighted by molar-refractivity contribution is 0.0984. The Morgan fingerprint density at radius 1 is 1.06 bits per heavy atom. The van der Waals surface area contributed by atoms with E-state index in [2.05, 4.69) is 0 Å². The molecule has 0 aromatic heterocycles. The van der Waals surface area contributed by atoms with Crippen LogP contribution < -0.4 is 4.90 Å². The molecule has 8 heteroatoms. The minimum absolute atomic E-state index is 0.0523. The van der Waals surface area contributed by atoms with E-state index < -0.39 is 27.6 Å². The third-order valence-corrected chi connectivity index (χ3v) is 7.83. The van der Waals surface area contributed by atoms with Crippen LogP contribution in [0.2, 0.25) is 0 Å². The summed E-state index contributed by atoms with van der Waals surface area (Å²) in [6.07, 6.45) is 2.03. The highest BCUT2D eigenvalue weighted by Crippen LogP contribution is 2.33. The van der Waals surface area contributed by atoms with Crippen LogP contribution in [0.15, 0.2) is 41.3 Å². The molecule has 2 aliphatic heterocycles. The van der Waals surface area contributed by atoms with E-state index in [1.165, 1.54) is 39.5 Å². The van der Waals surface area contributed by atoms with Crippen molar-refractivity contribution in [1.82, 2.24) is 4.31 Å². The fourth-order valence-electron chi connectivity index (χ4n) is 4.75. The van der Waals surface area contributed by atoms with Gasteiger partial charge in [0.05, 0.1) is 10.6 Å². The quantitative estimate of drug-likeness (QED) is 0.706. The van der Waals surface area contributed by atoms with Gasteiger partial charge in [-0.15, -0.1) is 0 Å². The van der Waals surface area contributed by atoms with Crippen molar-refractivity contribution in [2.45, 2.75) is 38.0 Å².